The van der Waals surface area contributed by atoms with Gasteiger partial charge in [0.25, 0.3) is 0 Å². The number of hydrogen-bond donors (Lipinski definition) is 1. The van der Waals surface area contributed by atoms with Gasteiger partial charge in [-0.05, 0) is 32.6 Å². The number of anilines is 2. The van der Waals surface area contributed by atoms with Gasteiger partial charge in [0.2, 0.25) is 11.9 Å². The summed E-state index contributed by atoms with van der Waals surface area (Å²) in [7, 11) is 0. The van der Waals surface area contributed by atoms with Gasteiger partial charge >= 0.3 is 0 Å². The van der Waals surface area contributed by atoms with E-state index in [0.717, 1.165) is 50.3 Å². The van der Waals surface area contributed by atoms with Crippen molar-refractivity contribution < 1.29 is 4.79 Å². The minimum Gasteiger partial charge on any atom is -0.368 e. The van der Waals surface area contributed by atoms with E-state index < -0.39 is 0 Å². The van der Waals surface area contributed by atoms with Crippen molar-refractivity contribution in [1.82, 2.24) is 14.9 Å². The molecule has 1 aromatic heterocycles. The highest BCUT2D eigenvalue weighted by Crippen LogP contribution is 2.33. The SMILES string of the molecule is CCC(=O)N1CCC[C@@H]1[C@H]1CCCN1c1cc(C)nc(N)n1. The van der Waals surface area contributed by atoms with E-state index in [1.807, 2.05) is 19.9 Å². The smallest absolute Gasteiger partial charge is 0.222 e. The molecule has 2 saturated heterocycles. The number of likely N-dealkylation sites (tertiary alicyclic amines) is 1. The molecule has 0 aromatic carbocycles. The van der Waals surface area contributed by atoms with E-state index in [4.69, 9.17) is 5.73 Å². The largest absolute Gasteiger partial charge is 0.368 e. The molecule has 1 amide bonds. The molecule has 6 heteroatoms. The monoisotopic (exact) mass is 303 g/mol. The van der Waals surface area contributed by atoms with Crippen molar-refractivity contribution in [1.29, 1.82) is 0 Å². The highest BCUT2D eigenvalue weighted by Gasteiger charge is 2.39. The molecule has 2 aliphatic rings. The lowest BCUT2D eigenvalue weighted by atomic mass is 10.0. The molecule has 3 rings (SSSR count). The van der Waals surface area contributed by atoms with Gasteiger partial charge < -0.3 is 15.5 Å². The first-order valence-corrected chi connectivity index (χ1v) is 8.27. The van der Waals surface area contributed by atoms with Crippen LogP contribution in [-0.2, 0) is 4.79 Å². The minimum atomic E-state index is 0.271. The Morgan fingerprint density at radius 2 is 2.00 bits per heavy atom. The lowest BCUT2D eigenvalue weighted by molar-refractivity contribution is -0.132. The molecule has 0 radical (unpaired) electrons. The van der Waals surface area contributed by atoms with Gasteiger partial charge in [0.05, 0.1) is 12.1 Å². The van der Waals surface area contributed by atoms with Crippen LogP contribution in [0, 0.1) is 6.92 Å². The zero-order valence-electron chi connectivity index (χ0n) is 13.5. The fourth-order valence-corrected chi connectivity index (χ4v) is 3.90. The number of rotatable bonds is 3. The molecule has 120 valence electrons. The van der Waals surface area contributed by atoms with Crippen molar-refractivity contribution in [3.8, 4) is 0 Å². The second kappa shape index (κ2) is 6.10. The number of aromatic nitrogens is 2. The van der Waals surface area contributed by atoms with E-state index in [1.54, 1.807) is 0 Å². The number of nitrogen functional groups attached to an aromatic ring is 1. The van der Waals surface area contributed by atoms with Gasteiger partial charge in [-0.1, -0.05) is 6.92 Å². The Morgan fingerprint density at radius 3 is 2.73 bits per heavy atom. The molecule has 2 N–H and O–H groups in total. The van der Waals surface area contributed by atoms with Crippen LogP contribution in [0.15, 0.2) is 6.07 Å². The predicted octanol–water partition coefficient (Wildman–Crippen LogP) is 1.74. The average molecular weight is 303 g/mol. The summed E-state index contributed by atoms with van der Waals surface area (Å²) in [6.07, 6.45) is 5.03. The molecular formula is C16H25N5O. The molecule has 0 saturated carbocycles. The molecule has 2 aliphatic heterocycles. The predicted molar refractivity (Wildman–Crippen MR) is 86.6 cm³/mol. The number of carbonyl (C=O) groups excluding carboxylic acids is 1. The maximum atomic E-state index is 12.2. The van der Waals surface area contributed by atoms with E-state index in [0.29, 0.717) is 24.5 Å². The Labute approximate surface area is 131 Å². The molecule has 2 atom stereocenters. The maximum absolute atomic E-state index is 12.2. The van der Waals surface area contributed by atoms with E-state index in [2.05, 4.69) is 19.8 Å². The summed E-state index contributed by atoms with van der Waals surface area (Å²) < 4.78 is 0. The molecule has 0 spiro atoms. The third-order valence-corrected chi connectivity index (χ3v) is 4.82. The van der Waals surface area contributed by atoms with Gasteiger partial charge in [-0.2, -0.15) is 4.98 Å². The summed E-state index contributed by atoms with van der Waals surface area (Å²) in [4.78, 5) is 25.2. The van der Waals surface area contributed by atoms with Gasteiger partial charge in [-0.3, -0.25) is 4.79 Å². The topological polar surface area (TPSA) is 75.4 Å². The standard InChI is InChI=1S/C16H25N5O/c1-3-15(22)21-9-5-7-13(21)12-6-4-8-20(12)14-10-11(2)18-16(17)19-14/h10,12-13H,3-9H2,1-2H3,(H2,17,18,19)/t12-,13-/m1/s1. The number of amides is 1. The van der Waals surface area contributed by atoms with Crippen molar-refractivity contribution in [2.45, 2.75) is 58.0 Å². The van der Waals surface area contributed by atoms with Crippen LogP contribution in [0.4, 0.5) is 11.8 Å². The zero-order chi connectivity index (χ0) is 15.7. The van der Waals surface area contributed by atoms with Gasteiger partial charge in [-0.25, -0.2) is 4.98 Å². The third-order valence-electron chi connectivity index (χ3n) is 4.82. The fourth-order valence-electron chi connectivity index (χ4n) is 3.90. The van der Waals surface area contributed by atoms with E-state index >= 15 is 0 Å². The lowest BCUT2D eigenvalue weighted by Gasteiger charge is -2.35. The van der Waals surface area contributed by atoms with Crippen molar-refractivity contribution >= 4 is 17.7 Å². The maximum Gasteiger partial charge on any atom is 0.222 e. The van der Waals surface area contributed by atoms with Crippen molar-refractivity contribution in [3.63, 3.8) is 0 Å². The summed E-state index contributed by atoms with van der Waals surface area (Å²) in [5.41, 5.74) is 6.70. The minimum absolute atomic E-state index is 0.271. The zero-order valence-corrected chi connectivity index (χ0v) is 13.5. The number of aryl methyl sites for hydroxylation is 1. The first kappa shape index (κ1) is 15.1. The summed E-state index contributed by atoms with van der Waals surface area (Å²) in [6.45, 7) is 5.76. The third kappa shape index (κ3) is 2.74. The fraction of sp³-hybridized carbons (Fsp3) is 0.688. The summed E-state index contributed by atoms with van der Waals surface area (Å²) in [5.74, 6) is 1.50. The number of nitrogens with two attached hydrogens (primary N) is 1. The van der Waals surface area contributed by atoms with Crippen LogP contribution in [-0.4, -0.2) is 45.9 Å². The van der Waals surface area contributed by atoms with Gasteiger partial charge in [0, 0.05) is 31.3 Å². The Balaban J connectivity index is 1.85. The van der Waals surface area contributed by atoms with Gasteiger partial charge in [0.15, 0.2) is 0 Å². The van der Waals surface area contributed by atoms with Crippen molar-refractivity contribution in [3.05, 3.63) is 11.8 Å². The van der Waals surface area contributed by atoms with Crippen LogP contribution in [0.2, 0.25) is 0 Å². The molecule has 2 fully saturated rings. The molecule has 0 aliphatic carbocycles. The first-order valence-electron chi connectivity index (χ1n) is 8.27. The lowest BCUT2D eigenvalue weighted by Crippen LogP contribution is -2.48. The van der Waals surface area contributed by atoms with Gasteiger partial charge in [0.1, 0.15) is 5.82 Å². The molecular weight excluding hydrogens is 278 g/mol. The molecule has 6 nitrogen and oxygen atoms in total. The highest BCUT2D eigenvalue weighted by molar-refractivity contribution is 5.76. The Kier molecular flexibility index (Phi) is 4.18. The summed E-state index contributed by atoms with van der Waals surface area (Å²) in [5, 5.41) is 0. The van der Waals surface area contributed by atoms with Gasteiger partial charge in [-0.15, -0.1) is 0 Å². The number of nitrogens with zero attached hydrogens (tertiary/aromatic N) is 4. The Bertz CT molecular complexity index is 541. The Morgan fingerprint density at radius 1 is 1.27 bits per heavy atom. The molecule has 3 heterocycles. The molecule has 0 bridgehead atoms. The highest BCUT2D eigenvalue weighted by atomic mass is 16.2. The van der Waals surface area contributed by atoms with Crippen LogP contribution < -0.4 is 10.6 Å². The van der Waals surface area contributed by atoms with Crippen LogP contribution in [0.25, 0.3) is 0 Å². The van der Waals surface area contributed by atoms with Crippen molar-refractivity contribution in [2.24, 2.45) is 0 Å². The first-order chi connectivity index (χ1) is 10.6. The van der Waals surface area contributed by atoms with E-state index in [1.165, 1.54) is 0 Å². The second-order valence-electron chi connectivity index (χ2n) is 6.28. The van der Waals surface area contributed by atoms with Crippen LogP contribution in [0.1, 0.15) is 44.7 Å². The second-order valence-corrected chi connectivity index (χ2v) is 6.28. The van der Waals surface area contributed by atoms with Crippen LogP contribution >= 0.6 is 0 Å². The average Bonchev–Trinajstić information content (AvgIpc) is 3.13. The number of hydrogen-bond acceptors (Lipinski definition) is 5. The summed E-state index contributed by atoms with van der Waals surface area (Å²) >= 11 is 0. The van der Waals surface area contributed by atoms with Crippen LogP contribution in [0.3, 0.4) is 0 Å². The van der Waals surface area contributed by atoms with E-state index in [-0.39, 0.29) is 5.91 Å². The summed E-state index contributed by atoms with van der Waals surface area (Å²) in [6, 6.07) is 2.66. The quantitative estimate of drug-likeness (QED) is 0.920. The normalized spacial score (nSPS) is 25.0. The molecule has 0 unspecified atom stereocenters. The molecule has 22 heavy (non-hydrogen) atoms. The molecule has 1 aromatic rings. The number of carbonyl (C=O) groups is 1. The van der Waals surface area contributed by atoms with Crippen molar-refractivity contribution in [2.75, 3.05) is 23.7 Å². The Hall–Kier alpha value is -1.85. The van der Waals surface area contributed by atoms with Crippen LogP contribution in [0.5, 0.6) is 0 Å². The van der Waals surface area contributed by atoms with E-state index in [9.17, 15) is 4.79 Å².